The van der Waals surface area contributed by atoms with E-state index in [0.29, 0.717) is 6.54 Å². The van der Waals surface area contributed by atoms with Crippen LogP contribution in [0.5, 0.6) is 0 Å². The van der Waals surface area contributed by atoms with Gasteiger partial charge >= 0.3 is 0 Å². The smallest absolute Gasteiger partial charge is 0.257 e. The summed E-state index contributed by atoms with van der Waals surface area (Å²) >= 11 is 0. The van der Waals surface area contributed by atoms with Gasteiger partial charge in [-0.25, -0.2) is 8.42 Å². The average molecular weight is 195 g/mol. The standard InChI is InChI=1S/C6H13NO4S/c8-12(9)11-6-3-7-1-4-10-5-2-7/h12H,1-6H2. The molecular weight excluding hydrogens is 182 g/mol. The summed E-state index contributed by atoms with van der Waals surface area (Å²) in [7, 11) is -2.69. The molecule has 0 unspecified atom stereocenters. The summed E-state index contributed by atoms with van der Waals surface area (Å²) in [6.07, 6.45) is 0. The lowest BCUT2D eigenvalue weighted by molar-refractivity contribution is 0.0329. The fraction of sp³-hybridized carbons (Fsp3) is 1.00. The number of hydrogen-bond donors (Lipinski definition) is 1. The topological polar surface area (TPSA) is 55.8 Å². The van der Waals surface area contributed by atoms with Gasteiger partial charge in [0.1, 0.15) is 0 Å². The summed E-state index contributed by atoms with van der Waals surface area (Å²) in [6, 6.07) is 0. The van der Waals surface area contributed by atoms with Gasteiger partial charge in [0.25, 0.3) is 11.0 Å². The molecule has 0 N–H and O–H groups in total. The predicted molar refractivity (Wildman–Crippen MR) is 43.5 cm³/mol. The Balaban J connectivity index is 2.05. The molecule has 0 bridgehead atoms. The average Bonchev–Trinajstić information content (AvgIpc) is 2.05. The summed E-state index contributed by atoms with van der Waals surface area (Å²) in [5.74, 6) is 0. The van der Waals surface area contributed by atoms with Crippen molar-refractivity contribution in [3.63, 3.8) is 0 Å². The molecule has 0 aliphatic carbocycles. The summed E-state index contributed by atoms with van der Waals surface area (Å²) in [5.41, 5.74) is 0. The SMILES string of the molecule is O=[SH](=O)OCCN1CCOCC1. The molecule has 1 rings (SSSR count). The number of morpholine rings is 1. The normalized spacial score (nSPS) is 20.1. The van der Waals surface area contributed by atoms with E-state index in [-0.39, 0.29) is 6.61 Å². The second-order valence-electron chi connectivity index (χ2n) is 2.51. The van der Waals surface area contributed by atoms with Crippen LogP contribution in [0, 0.1) is 0 Å². The van der Waals surface area contributed by atoms with Gasteiger partial charge in [0.15, 0.2) is 0 Å². The van der Waals surface area contributed by atoms with Gasteiger partial charge in [0.2, 0.25) is 0 Å². The second-order valence-corrected chi connectivity index (χ2v) is 3.22. The summed E-state index contributed by atoms with van der Waals surface area (Å²) < 4.78 is 29.6. The molecule has 12 heavy (non-hydrogen) atoms. The first-order valence-corrected chi connectivity index (χ1v) is 4.96. The predicted octanol–water partition coefficient (Wildman–Crippen LogP) is -1.14. The number of hydrogen-bond acceptors (Lipinski definition) is 5. The Labute approximate surface area is 73.4 Å². The third-order valence-corrected chi connectivity index (χ3v) is 2.10. The Morgan fingerprint density at radius 1 is 1.33 bits per heavy atom. The minimum absolute atomic E-state index is 0.249. The zero-order valence-corrected chi connectivity index (χ0v) is 7.66. The lowest BCUT2D eigenvalue weighted by atomic mass is 10.4. The van der Waals surface area contributed by atoms with Crippen LogP contribution in [0.4, 0.5) is 0 Å². The van der Waals surface area contributed by atoms with Crippen molar-refractivity contribution in [1.29, 1.82) is 0 Å². The lowest BCUT2D eigenvalue weighted by Gasteiger charge is -2.25. The molecule has 0 aromatic rings. The van der Waals surface area contributed by atoms with Crippen LogP contribution in [-0.2, 0) is 19.9 Å². The van der Waals surface area contributed by atoms with Gasteiger partial charge in [-0.3, -0.25) is 9.08 Å². The number of ether oxygens (including phenoxy) is 1. The van der Waals surface area contributed by atoms with Crippen LogP contribution in [0.3, 0.4) is 0 Å². The van der Waals surface area contributed by atoms with Crippen LogP contribution in [0.15, 0.2) is 0 Å². The van der Waals surface area contributed by atoms with Crippen LogP contribution >= 0.6 is 0 Å². The molecule has 6 heteroatoms. The fourth-order valence-electron chi connectivity index (χ4n) is 1.07. The molecule has 1 heterocycles. The van der Waals surface area contributed by atoms with E-state index in [4.69, 9.17) is 4.74 Å². The molecule has 1 aliphatic heterocycles. The lowest BCUT2D eigenvalue weighted by Crippen LogP contribution is -2.38. The van der Waals surface area contributed by atoms with Crippen molar-refractivity contribution in [1.82, 2.24) is 4.90 Å². The van der Waals surface area contributed by atoms with Gasteiger partial charge in [-0.2, -0.15) is 0 Å². The van der Waals surface area contributed by atoms with Crippen LogP contribution in [0.25, 0.3) is 0 Å². The van der Waals surface area contributed by atoms with Crippen LogP contribution < -0.4 is 0 Å². The van der Waals surface area contributed by atoms with Crippen molar-refractivity contribution in [2.45, 2.75) is 0 Å². The van der Waals surface area contributed by atoms with E-state index in [2.05, 4.69) is 9.08 Å². The monoisotopic (exact) mass is 195 g/mol. The van der Waals surface area contributed by atoms with Gasteiger partial charge in [-0.15, -0.1) is 0 Å². The highest BCUT2D eigenvalue weighted by Gasteiger charge is 2.09. The highest BCUT2D eigenvalue weighted by atomic mass is 32.2. The molecule has 0 spiro atoms. The van der Waals surface area contributed by atoms with E-state index in [1.165, 1.54) is 0 Å². The molecule has 0 saturated carbocycles. The maximum atomic E-state index is 10.0. The molecule has 0 aromatic heterocycles. The highest BCUT2D eigenvalue weighted by Crippen LogP contribution is 1.95. The maximum absolute atomic E-state index is 10.0. The highest BCUT2D eigenvalue weighted by molar-refractivity contribution is 7.67. The first-order chi connectivity index (χ1) is 5.79. The van der Waals surface area contributed by atoms with Gasteiger partial charge in [-0.05, 0) is 0 Å². The molecule has 0 amide bonds. The first kappa shape index (κ1) is 9.91. The number of rotatable bonds is 4. The van der Waals surface area contributed by atoms with Crippen molar-refractivity contribution >= 4 is 11.0 Å². The minimum atomic E-state index is -2.69. The largest absolute Gasteiger partial charge is 0.379 e. The molecule has 1 saturated heterocycles. The van der Waals surface area contributed by atoms with Gasteiger partial charge in [-0.1, -0.05) is 0 Å². The number of thiol groups is 1. The molecule has 1 aliphatic rings. The van der Waals surface area contributed by atoms with Crippen molar-refractivity contribution < 1.29 is 17.3 Å². The Hall–Kier alpha value is -0.170. The molecular formula is C6H13NO4S. The quantitative estimate of drug-likeness (QED) is 0.575. The summed E-state index contributed by atoms with van der Waals surface area (Å²) in [5, 5.41) is 0. The minimum Gasteiger partial charge on any atom is -0.379 e. The Bertz CT molecular complexity index is 180. The fourth-order valence-corrected chi connectivity index (χ4v) is 1.30. The van der Waals surface area contributed by atoms with E-state index >= 15 is 0 Å². The number of nitrogens with zero attached hydrogens (tertiary/aromatic N) is 1. The van der Waals surface area contributed by atoms with E-state index in [1.54, 1.807) is 0 Å². The zero-order chi connectivity index (χ0) is 8.81. The molecule has 0 radical (unpaired) electrons. The molecule has 0 atom stereocenters. The third kappa shape index (κ3) is 4.01. The van der Waals surface area contributed by atoms with Crippen molar-refractivity contribution in [3.8, 4) is 0 Å². The van der Waals surface area contributed by atoms with E-state index < -0.39 is 11.0 Å². The van der Waals surface area contributed by atoms with Crippen LogP contribution in [0.2, 0.25) is 0 Å². The third-order valence-electron chi connectivity index (χ3n) is 1.71. The van der Waals surface area contributed by atoms with E-state index in [1.807, 2.05) is 0 Å². The summed E-state index contributed by atoms with van der Waals surface area (Å²) in [4.78, 5) is 2.11. The van der Waals surface area contributed by atoms with Gasteiger partial charge in [0.05, 0.1) is 19.8 Å². The second kappa shape index (κ2) is 5.47. The van der Waals surface area contributed by atoms with E-state index in [9.17, 15) is 8.42 Å². The Kier molecular flexibility index (Phi) is 4.52. The Morgan fingerprint density at radius 3 is 2.58 bits per heavy atom. The van der Waals surface area contributed by atoms with Crippen LogP contribution in [-0.4, -0.2) is 52.8 Å². The molecule has 5 nitrogen and oxygen atoms in total. The Morgan fingerprint density at radius 2 is 2.00 bits per heavy atom. The maximum Gasteiger partial charge on any atom is 0.257 e. The first-order valence-electron chi connectivity index (χ1n) is 3.86. The van der Waals surface area contributed by atoms with Gasteiger partial charge < -0.3 is 4.74 Å². The van der Waals surface area contributed by atoms with Crippen molar-refractivity contribution in [2.24, 2.45) is 0 Å². The van der Waals surface area contributed by atoms with Crippen molar-refractivity contribution in [3.05, 3.63) is 0 Å². The zero-order valence-electron chi connectivity index (χ0n) is 6.77. The molecule has 72 valence electrons. The van der Waals surface area contributed by atoms with Gasteiger partial charge in [0, 0.05) is 19.6 Å². The van der Waals surface area contributed by atoms with Crippen molar-refractivity contribution in [2.75, 3.05) is 39.5 Å². The molecule has 0 aromatic carbocycles. The molecule has 1 fully saturated rings. The van der Waals surface area contributed by atoms with Crippen LogP contribution in [0.1, 0.15) is 0 Å². The summed E-state index contributed by atoms with van der Waals surface area (Å²) in [6.45, 7) is 4.08. The van der Waals surface area contributed by atoms with E-state index in [0.717, 1.165) is 26.3 Å².